The van der Waals surface area contributed by atoms with Crippen LogP contribution in [0.4, 0.5) is 4.39 Å². The van der Waals surface area contributed by atoms with Crippen molar-refractivity contribution in [2.75, 3.05) is 0 Å². The largest absolute Gasteiger partial charge is 0.297 e. The fraction of sp³-hybridized carbons (Fsp3) is 0.875. The van der Waals surface area contributed by atoms with Crippen molar-refractivity contribution in [2.24, 2.45) is 46.8 Å². The van der Waals surface area contributed by atoms with Gasteiger partial charge in [0, 0.05) is 5.92 Å². The summed E-state index contributed by atoms with van der Waals surface area (Å²) >= 11 is 0. The lowest BCUT2D eigenvalue weighted by Gasteiger charge is -2.56. The van der Waals surface area contributed by atoms with Crippen LogP contribution in [0.1, 0.15) is 70.9 Å². The lowest BCUT2D eigenvalue weighted by molar-refractivity contribution is -0.133. The molecule has 1 aromatic heterocycles. The van der Waals surface area contributed by atoms with Gasteiger partial charge in [0.05, 0.1) is 11.9 Å². The number of ketones is 1. The summed E-state index contributed by atoms with van der Waals surface area (Å²) in [5.41, 5.74) is 0.885. The quantitative estimate of drug-likeness (QED) is 0.715. The van der Waals surface area contributed by atoms with Gasteiger partial charge >= 0.3 is 0 Å². The van der Waals surface area contributed by atoms with Crippen molar-refractivity contribution in [1.29, 1.82) is 0 Å². The van der Waals surface area contributed by atoms with Crippen LogP contribution < -0.4 is 0 Å². The first-order valence-corrected chi connectivity index (χ1v) is 11.9. The molecule has 1 heterocycles. The number of halogens is 1. The minimum atomic E-state index is -0.627. The van der Waals surface area contributed by atoms with E-state index in [1.54, 1.807) is 11.0 Å². The number of aryl methyl sites for hydroxylation is 1. The maximum absolute atomic E-state index is 15.3. The number of Topliss-reactive ketones (excluding diaryl/α,β-unsaturated/α-hetero) is 1. The maximum Gasteiger partial charge on any atom is 0.159 e. The minimum absolute atomic E-state index is 0.0367. The minimum Gasteiger partial charge on any atom is -0.297 e. The summed E-state index contributed by atoms with van der Waals surface area (Å²) in [6.07, 6.45) is 9.82. The topological polar surface area (TPSA) is 47.8 Å². The van der Waals surface area contributed by atoms with Gasteiger partial charge in [0.25, 0.3) is 0 Å². The molecule has 29 heavy (non-hydrogen) atoms. The lowest BCUT2D eigenvalue weighted by atomic mass is 9.49. The van der Waals surface area contributed by atoms with Gasteiger partial charge in [-0.15, -0.1) is 0 Å². The summed E-state index contributed by atoms with van der Waals surface area (Å²) in [5.74, 6) is 3.65. The summed E-state index contributed by atoms with van der Waals surface area (Å²) in [7, 11) is 0. The smallest absolute Gasteiger partial charge is 0.159 e. The molecule has 0 aliphatic heterocycles. The SMILES string of the molecule is Cc1cnn(CC(=O)C2CCC3C4CC(F)C5CC(C)CCC5C4CCC23C)n1. The lowest BCUT2D eigenvalue weighted by Crippen LogP contribution is -2.52. The molecule has 4 saturated carbocycles. The molecule has 4 nitrogen and oxygen atoms in total. The molecular weight excluding hydrogens is 365 g/mol. The molecular formula is C24H36FN3O. The highest BCUT2D eigenvalue weighted by Crippen LogP contribution is 2.64. The van der Waals surface area contributed by atoms with Crippen molar-refractivity contribution < 1.29 is 9.18 Å². The summed E-state index contributed by atoms with van der Waals surface area (Å²) < 4.78 is 15.3. The molecule has 160 valence electrons. The number of carbonyl (C=O) groups excluding carboxylic acids is 1. The van der Waals surface area contributed by atoms with E-state index < -0.39 is 6.17 Å². The Bertz CT molecular complexity index is 778. The first-order valence-electron chi connectivity index (χ1n) is 11.9. The van der Waals surface area contributed by atoms with Crippen molar-refractivity contribution in [1.82, 2.24) is 15.0 Å². The van der Waals surface area contributed by atoms with E-state index in [0.29, 0.717) is 35.5 Å². The number of fused-ring (bicyclic) bond motifs is 5. The van der Waals surface area contributed by atoms with Crippen LogP contribution in [0.3, 0.4) is 0 Å². The van der Waals surface area contributed by atoms with Gasteiger partial charge in [0.1, 0.15) is 12.7 Å². The third kappa shape index (κ3) is 3.18. The van der Waals surface area contributed by atoms with Crippen LogP contribution in [0.25, 0.3) is 0 Å². The average molecular weight is 402 g/mol. The third-order valence-corrected chi connectivity index (χ3v) is 9.56. The average Bonchev–Trinajstić information content (AvgIpc) is 3.24. The fourth-order valence-corrected chi connectivity index (χ4v) is 8.26. The molecule has 5 heteroatoms. The first-order chi connectivity index (χ1) is 13.9. The Morgan fingerprint density at radius 1 is 1.14 bits per heavy atom. The van der Waals surface area contributed by atoms with Crippen molar-refractivity contribution >= 4 is 5.78 Å². The predicted molar refractivity (Wildman–Crippen MR) is 110 cm³/mol. The van der Waals surface area contributed by atoms with Crippen LogP contribution in [0, 0.1) is 53.8 Å². The number of alkyl halides is 1. The van der Waals surface area contributed by atoms with E-state index >= 15 is 4.39 Å². The van der Waals surface area contributed by atoms with Crippen LogP contribution in [-0.2, 0) is 11.3 Å². The first kappa shape index (κ1) is 19.7. The van der Waals surface area contributed by atoms with Crippen LogP contribution in [0.5, 0.6) is 0 Å². The Labute approximate surface area is 174 Å². The molecule has 9 unspecified atom stereocenters. The predicted octanol–water partition coefficient (Wildman–Crippen LogP) is 5.01. The van der Waals surface area contributed by atoms with E-state index in [0.717, 1.165) is 37.8 Å². The van der Waals surface area contributed by atoms with E-state index in [-0.39, 0.29) is 23.7 Å². The zero-order chi connectivity index (χ0) is 20.3. The van der Waals surface area contributed by atoms with Crippen LogP contribution >= 0.6 is 0 Å². The molecule has 0 amide bonds. The molecule has 1 aromatic rings. The highest BCUT2D eigenvalue weighted by Gasteiger charge is 2.59. The van der Waals surface area contributed by atoms with Crippen LogP contribution in [0.2, 0.25) is 0 Å². The summed E-state index contributed by atoms with van der Waals surface area (Å²) in [5, 5.41) is 8.53. The van der Waals surface area contributed by atoms with Gasteiger partial charge in [-0.25, -0.2) is 4.39 Å². The summed E-state index contributed by atoms with van der Waals surface area (Å²) in [6.45, 7) is 6.82. The van der Waals surface area contributed by atoms with Gasteiger partial charge in [-0.1, -0.05) is 20.3 Å². The van der Waals surface area contributed by atoms with Gasteiger partial charge in [-0.3, -0.25) is 4.79 Å². The monoisotopic (exact) mass is 401 g/mol. The molecule has 9 atom stereocenters. The third-order valence-electron chi connectivity index (χ3n) is 9.56. The standard InChI is InChI=1S/C24H36FN3O/c1-14-4-5-16-17-8-9-24(3)20(18(17)11-22(25)19(16)10-14)6-7-21(24)23(29)13-28-26-12-15(2)27-28/h12,14,16-22H,4-11,13H2,1-3H3. The summed E-state index contributed by atoms with van der Waals surface area (Å²) in [4.78, 5) is 14.7. The Morgan fingerprint density at radius 3 is 2.69 bits per heavy atom. The molecule has 0 spiro atoms. The molecule has 4 aliphatic carbocycles. The second kappa shape index (κ2) is 7.16. The highest BCUT2D eigenvalue weighted by atomic mass is 19.1. The number of rotatable bonds is 3. The second-order valence-corrected chi connectivity index (χ2v) is 11.1. The van der Waals surface area contributed by atoms with Gasteiger partial charge in [-0.05, 0) is 92.8 Å². The van der Waals surface area contributed by atoms with Crippen LogP contribution in [-0.4, -0.2) is 26.9 Å². The van der Waals surface area contributed by atoms with Gasteiger partial charge in [-0.2, -0.15) is 15.0 Å². The zero-order valence-electron chi connectivity index (χ0n) is 18.2. The summed E-state index contributed by atoms with van der Waals surface area (Å²) in [6, 6.07) is 0. The van der Waals surface area contributed by atoms with Gasteiger partial charge in [0.15, 0.2) is 5.78 Å². The van der Waals surface area contributed by atoms with E-state index in [1.807, 2.05) is 6.92 Å². The van der Waals surface area contributed by atoms with E-state index in [2.05, 4.69) is 24.0 Å². The molecule has 0 saturated heterocycles. The number of hydrogen-bond acceptors (Lipinski definition) is 3. The number of carbonyl (C=O) groups is 1. The molecule has 0 N–H and O–H groups in total. The van der Waals surface area contributed by atoms with Crippen LogP contribution in [0.15, 0.2) is 6.20 Å². The van der Waals surface area contributed by atoms with E-state index in [1.165, 1.54) is 19.3 Å². The van der Waals surface area contributed by atoms with E-state index in [9.17, 15) is 4.79 Å². The molecule has 0 radical (unpaired) electrons. The molecule has 0 bridgehead atoms. The zero-order valence-corrected chi connectivity index (χ0v) is 18.2. The van der Waals surface area contributed by atoms with E-state index in [4.69, 9.17) is 0 Å². The van der Waals surface area contributed by atoms with Crippen molar-refractivity contribution in [3.63, 3.8) is 0 Å². The molecule has 0 aromatic carbocycles. The normalized spacial score (nSPS) is 46.6. The second-order valence-electron chi connectivity index (χ2n) is 11.1. The van der Waals surface area contributed by atoms with Crippen molar-refractivity contribution in [3.05, 3.63) is 11.9 Å². The number of nitrogens with zero attached hydrogens (tertiary/aromatic N) is 3. The Balaban J connectivity index is 1.34. The molecule has 5 rings (SSSR count). The number of aromatic nitrogens is 3. The maximum atomic E-state index is 15.3. The molecule has 4 fully saturated rings. The Morgan fingerprint density at radius 2 is 1.93 bits per heavy atom. The van der Waals surface area contributed by atoms with Gasteiger partial charge in [0.2, 0.25) is 0 Å². The highest BCUT2D eigenvalue weighted by molar-refractivity contribution is 5.82. The number of hydrogen-bond donors (Lipinski definition) is 0. The fourth-order valence-electron chi connectivity index (χ4n) is 8.26. The van der Waals surface area contributed by atoms with Crippen molar-refractivity contribution in [2.45, 2.75) is 84.9 Å². The van der Waals surface area contributed by atoms with Gasteiger partial charge < -0.3 is 0 Å². The molecule has 4 aliphatic rings. The Kier molecular flexibility index (Phi) is 4.86. The Hall–Kier alpha value is -1.26. The van der Waals surface area contributed by atoms with Crippen molar-refractivity contribution in [3.8, 4) is 0 Å².